The SMILES string of the molecule is CCNC(=O)c1ccc(-c2noc(COC3CCN(C(=O)OC(C)(C)C)CC3)n2)cc1F. The van der Waals surface area contributed by atoms with Crippen LogP contribution in [0.1, 0.15) is 56.8 Å². The van der Waals surface area contributed by atoms with E-state index in [0.29, 0.717) is 38.0 Å². The van der Waals surface area contributed by atoms with Gasteiger partial charge in [-0.2, -0.15) is 4.98 Å². The first kappa shape index (κ1) is 23.6. The molecule has 2 amide bonds. The summed E-state index contributed by atoms with van der Waals surface area (Å²) in [4.78, 5) is 29.9. The van der Waals surface area contributed by atoms with Gasteiger partial charge < -0.3 is 24.2 Å². The number of likely N-dealkylation sites (tertiary alicyclic amines) is 1. The fourth-order valence-corrected chi connectivity index (χ4v) is 3.25. The molecule has 1 aliphatic rings. The number of carbonyl (C=O) groups excluding carboxylic acids is 2. The third-order valence-corrected chi connectivity index (χ3v) is 4.81. The van der Waals surface area contributed by atoms with Crippen molar-refractivity contribution in [1.29, 1.82) is 0 Å². The summed E-state index contributed by atoms with van der Waals surface area (Å²) >= 11 is 0. The van der Waals surface area contributed by atoms with Crippen molar-refractivity contribution in [3.05, 3.63) is 35.5 Å². The second-order valence-electron chi connectivity index (χ2n) is 8.54. The third kappa shape index (κ3) is 6.25. The highest BCUT2D eigenvalue weighted by Crippen LogP contribution is 2.21. The molecule has 3 rings (SSSR count). The summed E-state index contributed by atoms with van der Waals surface area (Å²) in [7, 11) is 0. The van der Waals surface area contributed by atoms with Crippen molar-refractivity contribution in [1.82, 2.24) is 20.4 Å². The van der Waals surface area contributed by atoms with E-state index < -0.39 is 17.3 Å². The van der Waals surface area contributed by atoms with Crippen LogP contribution >= 0.6 is 0 Å². The first-order valence-electron chi connectivity index (χ1n) is 10.7. The van der Waals surface area contributed by atoms with Crippen LogP contribution in [-0.2, 0) is 16.1 Å². The van der Waals surface area contributed by atoms with Crippen molar-refractivity contribution in [3.63, 3.8) is 0 Å². The second kappa shape index (κ2) is 10.1. The number of rotatable bonds is 6. The maximum Gasteiger partial charge on any atom is 0.410 e. The van der Waals surface area contributed by atoms with E-state index in [1.54, 1.807) is 17.9 Å². The Morgan fingerprint density at radius 3 is 2.62 bits per heavy atom. The average Bonchev–Trinajstić information content (AvgIpc) is 3.20. The van der Waals surface area contributed by atoms with Crippen LogP contribution in [0.4, 0.5) is 9.18 Å². The molecule has 0 saturated carbocycles. The van der Waals surface area contributed by atoms with Crippen LogP contribution in [0.25, 0.3) is 11.4 Å². The standard InChI is InChI=1S/C22H29FN4O5/c1-5-24-20(28)16-7-6-14(12-17(16)23)19-25-18(32-26-19)13-30-15-8-10-27(11-9-15)21(29)31-22(2,3)4/h6-7,12,15H,5,8-11,13H2,1-4H3,(H,24,28). The smallest absolute Gasteiger partial charge is 0.410 e. The van der Waals surface area contributed by atoms with Gasteiger partial charge in [0.2, 0.25) is 5.82 Å². The highest BCUT2D eigenvalue weighted by atomic mass is 19.1. The van der Waals surface area contributed by atoms with Gasteiger partial charge in [-0.3, -0.25) is 4.79 Å². The molecule has 0 bridgehead atoms. The molecule has 2 aromatic rings. The minimum atomic E-state index is -0.659. The number of hydrogen-bond donors (Lipinski definition) is 1. The van der Waals surface area contributed by atoms with E-state index in [-0.39, 0.29) is 36.1 Å². The molecule has 10 heteroatoms. The molecular weight excluding hydrogens is 419 g/mol. The van der Waals surface area contributed by atoms with Gasteiger partial charge in [-0.25, -0.2) is 9.18 Å². The van der Waals surface area contributed by atoms with E-state index in [0.717, 1.165) is 0 Å². The lowest BCUT2D eigenvalue weighted by molar-refractivity contribution is -0.0231. The zero-order valence-electron chi connectivity index (χ0n) is 18.8. The second-order valence-corrected chi connectivity index (χ2v) is 8.54. The molecular formula is C22H29FN4O5. The van der Waals surface area contributed by atoms with Gasteiger partial charge in [-0.15, -0.1) is 0 Å². The molecule has 0 unspecified atom stereocenters. The maximum absolute atomic E-state index is 14.3. The van der Waals surface area contributed by atoms with Crippen LogP contribution in [-0.4, -0.2) is 58.4 Å². The Bertz CT molecular complexity index is 948. The van der Waals surface area contributed by atoms with E-state index in [9.17, 15) is 14.0 Å². The molecule has 1 saturated heterocycles. The summed E-state index contributed by atoms with van der Waals surface area (Å²) in [5.74, 6) is -0.656. The van der Waals surface area contributed by atoms with Crippen molar-refractivity contribution in [2.75, 3.05) is 19.6 Å². The lowest BCUT2D eigenvalue weighted by Crippen LogP contribution is -2.43. The number of nitrogens with zero attached hydrogens (tertiary/aromatic N) is 3. The molecule has 1 fully saturated rings. The van der Waals surface area contributed by atoms with E-state index >= 15 is 0 Å². The van der Waals surface area contributed by atoms with Crippen LogP contribution in [0, 0.1) is 5.82 Å². The molecule has 174 valence electrons. The Labute approximate surface area is 186 Å². The van der Waals surface area contributed by atoms with E-state index in [1.807, 2.05) is 20.8 Å². The minimum Gasteiger partial charge on any atom is -0.444 e. The molecule has 1 N–H and O–H groups in total. The molecule has 2 heterocycles. The zero-order valence-corrected chi connectivity index (χ0v) is 18.8. The Balaban J connectivity index is 1.51. The van der Waals surface area contributed by atoms with E-state index in [1.165, 1.54) is 12.1 Å². The average molecular weight is 448 g/mol. The van der Waals surface area contributed by atoms with E-state index in [4.69, 9.17) is 14.0 Å². The number of ether oxygens (including phenoxy) is 2. The fourth-order valence-electron chi connectivity index (χ4n) is 3.25. The molecule has 0 radical (unpaired) electrons. The summed E-state index contributed by atoms with van der Waals surface area (Å²) in [5.41, 5.74) is -0.165. The molecule has 32 heavy (non-hydrogen) atoms. The van der Waals surface area contributed by atoms with Crippen molar-refractivity contribution < 1.29 is 28.0 Å². The molecule has 0 spiro atoms. The van der Waals surface area contributed by atoms with Gasteiger partial charge in [0.05, 0.1) is 11.7 Å². The van der Waals surface area contributed by atoms with Gasteiger partial charge in [0.15, 0.2) is 0 Å². The van der Waals surface area contributed by atoms with E-state index in [2.05, 4.69) is 15.5 Å². The van der Waals surface area contributed by atoms with Gasteiger partial charge in [-0.05, 0) is 52.7 Å². The van der Waals surface area contributed by atoms with Gasteiger partial charge in [0, 0.05) is 25.2 Å². The number of carbonyl (C=O) groups is 2. The Morgan fingerprint density at radius 2 is 2.00 bits per heavy atom. The predicted molar refractivity (Wildman–Crippen MR) is 113 cm³/mol. The topological polar surface area (TPSA) is 107 Å². The Morgan fingerprint density at radius 1 is 1.28 bits per heavy atom. The summed E-state index contributed by atoms with van der Waals surface area (Å²) in [6.07, 6.45) is 0.986. The van der Waals surface area contributed by atoms with Gasteiger partial charge in [0.1, 0.15) is 18.0 Å². The van der Waals surface area contributed by atoms with Crippen molar-refractivity contribution in [2.24, 2.45) is 0 Å². The molecule has 1 aliphatic heterocycles. The number of benzene rings is 1. The molecule has 0 aliphatic carbocycles. The summed E-state index contributed by atoms with van der Waals surface area (Å²) in [6.45, 7) is 8.90. The number of aromatic nitrogens is 2. The van der Waals surface area contributed by atoms with Crippen molar-refractivity contribution in [2.45, 2.75) is 58.8 Å². The number of halogens is 1. The quantitative estimate of drug-likeness (QED) is 0.720. The molecule has 1 aromatic heterocycles. The first-order valence-corrected chi connectivity index (χ1v) is 10.7. The summed E-state index contributed by atoms with van der Waals surface area (Å²) in [5, 5.41) is 6.43. The summed E-state index contributed by atoms with van der Waals surface area (Å²) < 4.78 is 30.7. The molecule has 9 nitrogen and oxygen atoms in total. The monoisotopic (exact) mass is 448 g/mol. The van der Waals surface area contributed by atoms with Gasteiger partial charge in [0.25, 0.3) is 11.8 Å². The van der Waals surface area contributed by atoms with Crippen LogP contribution in [0.3, 0.4) is 0 Å². The highest BCUT2D eigenvalue weighted by Gasteiger charge is 2.27. The third-order valence-electron chi connectivity index (χ3n) is 4.81. The molecule has 1 aromatic carbocycles. The first-order chi connectivity index (χ1) is 15.2. The van der Waals surface area contributed by atoms with Crippen LogP contribution in [0.15, 0.2) is 22.7 Å². The number of hydrogen-bond acceptors (Lipinski definition) is 7. The van der Waals surface area contributed by atoms with Crippen LogP contribution in [0.5, 0.6) is 0 Å². The predicted octanol–water partition coefficient (Wildman–Crippen LogP) is 3.54. The normalized spacial score (nSPS) is 15.0. The molecule has 0 atom stereocenters. The van der Waals surface area contributed by atoms with Gasteiger partial charge >= 0.3 is 6.09 Å². The Kier molecular flexibility index (Phi) is 7.44. The lowest BCUT2D eigenvalue weighted by Gasteiger charge is -2.33. The van der Waals surface area contributed by atoms with Crippen molar-refractivity contribution in [3.8, 4) is 11.4 Å². The van der Waals surface area contributed by atoms with Crippen molar-refractivity contribution >= 4 is 12.0 Å². The minimum absolute atomic E-state index is 0.0413. The zero-order chi connectivity index (χ0) is 23.3. The maximum atomic E-state index is 14.3. The fraction of sp³-hybridized carbons (Fsp3) is 0.545. The summed E-state index contributed by atoms with van der Waals surface area (Å²) in [6, 6.07) is 4.16. The van der Waals surface area contributed by atoms with Crippen LogP contribution in [0.2, 0.25) is 0 Å². The Hall–Kier alpha value is -3.01. The number of piperidine rings is 1. The lowest BCUT2D eigenvalue weighted by atomic mass is 10.1. The largest absolute Gasteiger partial charge is 0.444 e. The van der Waals surface area contributed by atoms with Gasteiger partial charge in [-0.1, -0.05) is 11.2 Å². The number of nitrogens with one attached hydrogen (secondary N) is 1. The highest BCUT2D eigenvalue weighted by molar-refractivity contribution is 5.94. The van der Waals surface area contributed by atoms with Crippen LogP contribution < -0.4 is 5.32 Å². The number of amides is 2.